The van der Waals surface area contributed by atoms with Crippen molar-refractivity contribution >= 4 is 17.5 Å². The molecule has 2 aliphatic rings. The average Bonchev–Trinajstić information content (AvgIpc) is 3.25. The van der Waals surface area contributed by atoms with Crippen LogP contribution in [0.3, 0.4) is 0 Å². The lowest BCUT2D eigenvalue weighted by atomic mass is 10.1. The standard InChI is InChI=1S/C11H20.C9H16OS.C8H17N.C3H8.C2H7N.2C2H6.2CH4.H2/c1-5-11(6-2)9-7-8-10(3)4;1-5-7-4-8(6(2)10)11-9(5,7)3;1-4-6-7-8(3)9-5-2;1-3-2;1-2-3;2*1-2;;;/h7-10H,5-6H2,1-4H3;5-8,10H,4H2,1-3H3;4-7H2,1-3H3;3H2,1-2H3;2-3H2,1H3;2*1-2H3;2*1H4;1H/b8-7-;;;;;;;;;/t;5?,6-,7?,8?,9?;;;;;;;;/m.0......../s1. The van der Waals surface area contributed by atoms with Gasteiger partial charge in [0.25, 0.3) is 0 Å². The normalized spacial score (nSPS) is 21.1. The first kappa shape index (κ1) is 58.0. The number of aliphatic hydroxyl groups is 1. The van der Waals surface area contributed by atoms with Crippen molar-refractivity contribution in [1.29, 1.82) is 0 Å². The number of rotatable bonds is 9. The molecule has 3 nitrogen and oxygen atoms in total. The number of nitrogens with two attached hydrogens (primary N) is 1. The number of nitrogens with zero attached hydrogens (tertiary/aromatic N) is 1. The molecule has 3 N–H and O–H groups in total. The summed E-state index contributed by atoms with van der Waals surface area (Å²) in [6, 6.07) is 0. The molecule has 0 aromatic rings. The van der Waals surface area contributed by atoms with Crippen LogP contribution in [-0.2, 0) is 0 Å². The Balaban J connectivity index is -0.0000000624. The Bertz CT molecular complexity index is 597. The molecule has 1 aliphatic heterocycles. The van der Waals surface area contributed by atoms with Crippen molar-refractivity contribution < 1.29 is 6.53 Å². The van der Waals surface area contributed by atoms with Crippen LogP contribution in [0.4, 0.5) is 0 Å². The first-order chi connectivity index (χ1) is 19.4. The maximum atomic E-state index is 9.37. The van der Waals surface area contributed by atoms with Gasteiger partial charge in [0, 0.05) is 23.7 Å². The molecular weight excluding hydrogens is 545 g/mol. The van der Waals surface area contributed by atoms with E-state index in [1.807, 2.05) is 53.3 Å². The first-order valence-electron chi connectivity index (χ1n) is 17.3. The van der Waals surface area contributed by atoms with Crippen LogP contribution in [-0.4, -0.2) is 40.0 Å². The van der Waals surface area contributed by atoms with E-state index < -0.39 is 0 Å². The summed E-state index contributed by atoms with van der Waals surface area (Å²) in [7, 11) is 0. The van der Waals surface area contributed by atoms with Gasteiger partial charge < -0.3 is 10.8 Å². The molecule has 1 aliphatic carbocycles. The van der Waals surface area contributed by atoms with Gasteiger partial charge in [0.1, 0.15) is 0 Å². The van der Waals surface area contributed by atoms with Crippen molar-refractivity contribution in [3.05, 3.63) is 23.8 Å². The Labute approximate surface area is 282 Å². The van der Waals surface area contributed by atoms with Gasteiger partial charge in [-0.2, -0.15) is 0 Å². The first-order valence-corrected chi connectivity index (χ1v) is 18.2. The molecule has 0 spiro atoms. The van der Waals surface area contributed by atoms with Gasteiger partial charge in [0.2, 0.25) is 0 Å². The average molecular weight is 635 g/mol. The van der Waals surface area contributed by atoms with Crippen molar-refractivity contribution in [1.82, 2.24) is 0 Å². The number of thioether (sulfide) groups is 1. The third-order valence-corrected chi connectivity index (χ3v) is 8.69. The smallest absolute Gasteiger partial charge is 0.0631 e. The van der Waals surface area contributed by atoms with Crippen LogP contribution in [0.2, 0.25) is 0 Å². The predicted octanol–water partition coefficient (Wildman–Crippen LogP) is 13.5. The number of aliphatic hydroxyl groups excluding tert-OH is 1. The van der Waals surface area contributed by atoms with E-state index in [4.69, 9.17) is 5.73 Å². The number of unbranched alkanes of at least 4 members (excludes halogenated alkanes) is 1. The van der Waals surface area contributed by atoms with E-state index >= 15 is 0 Å². The van der Waals surface area contributed by atoms with Gasteiger partial charge in [0.05, 0.1) is 6.10 Å². The van der Waals surface area contributed by atoms with E-state index in [0.29, 0.717) is 15.9 Å². The fourth-order valence-corrected chi connectivity index (χ4v) is 5.97. The molecule has 1 saturated carbocycles. The maximum Gasteiger partial charge on any atom is 0.0631 e. The third-order valence-electron chi connectivity index (χ3n) is 6.62. The van der Waals surface area contributed by atoms with Crippen molar-refractivity contribution in [2.75, 3.05) is 13.1 Å². The molecular formula is C39H90N2OS. The Morgan fingerprint density at radius 1 is 1.00 bits per heavy atom. The fourth-order valence-electron chi connectivity index (χ4n) is 4.03. The summed E-state index contributed by atoms with van der Waals surface area (Å²) in [5, 5.41) is 9.89. The van der Waals surface area contributed by atoms with Gasteiger partial charge in [-0.1, -0.05) is 142 Å². The number of allylic oxidation sites excluding steroid dienone is 4. The van der Waals surface area contributed by atoms with Gasteiger partial charge in [0.15, 0.2) is 0 Å². The van der Waals surface area contributed by atoms with Crippen molar-refractivity contribution in [3.63, 3.8) is 0 Å². The number of hydrogen-bond acceptors (Lipinski definition) is 4. The van der Waals surface area contributed by atoms with Crippen molar-refractivity contribution in [2.24, 2.45) is 28.5 Å². The summed E-state index contributed by atoms with van der Waals surface area (Å²) >= 11 is 2.01. The van der Waals surface area contributed by atoms with Crippen LogP contribution in [0, 0.1) is 17.8 Å². The maximum absolute atomic E-state index is 9.37. The minimum Gasteiger partial charge on any atom is -0.392 e. The second-order valence-corrected chi connectivity index (χ2v) is 12.5. The Hall–Kier alpha value is -0.580. The topological polar surface area (TPSA) is 58.6 Å². The second kappa shape index (κ2) is 41.4. The van der Waals surface area contributed by atoms with E-state index in [9.17, 15) is 5.11 Å². The van der Waals surface area contributed by atoms with E-state index in [-0.39, 0.29) is 22.4 Å². The molecule has 43 heavy (non-hydrogen) atoms. The van der Waals surface area contributed by atoms with Crippen LogP contribution in [0.25, 0.3) is 0 Å². The van der Waals surface area contributed by atoms with Crippen molar-refractivity contribution in [3.8, 4) is 0 Å². The Morgan fingerprint density at radius 3 is 1.72 bits per heavy atom. The van der Waals surface area contributed by atoms with Gasteiger partial charge in [-0.15, -0.1) is 11.8 Å². The zero-order valence-electron chi connectivity index (χ0n) is 31.4. The highest BCUT2D eigenvalue weighted by molar-refractivity contribution is 8.01. The molecule has 0 aromatic heterocycles. The summed E-state index contributed by atoms with van der Waals surface area (Å²) in [5.41, 5.74) is 7.68. The van der Waals surface area contributed by atoms with Crippen LogP contribution in [0.15, 0.2) is 28.8 Å². The second-order valence-electron chi connectivity index (χ2n) is 10.8. The fraction of sp³-hybridized carbons (Fsp3) is 0.872. The quantitative estimate of drug-likeness (QED) is 0.196. The van der Waals surface area contributed by atoms with Crippen LogP contribution < -0.4 is 5.73 Å². The van der Waals surface area contributed by atoms with Gasteiger partial charge in [-0.3, -0.25) is 4.99 Å². The predicted molar refractivity (Wildman–Crippen MR) is 214 cm³/mol. The van der Waals surface area contributed by atoms with Crippen LogP contribution in [0.5, 0.6) is 0 Å². The largest absolute Gasteiger partial charge is 0.392 e. The lowest BCUT2D eigenvalue weighted by Crippen LogP contribution is -2.19. The minimum absolute atomic E-state index is 0. The molecule has 268 valence electrons. The van der Waals surface area contributed by atoms with E-state index in [2.05, 4.69) is 99.4 Å². The summed E-state index contributed by atoms with van der Waals surface area (Å²) in [5.74, 6) is 2.45. The van der Waals surface area contributed by atoms with Gasteiger partial charge >= 0.3 is 0 Å². The van der Waals surface area contributed by atoms with Crippen molar-refractivity contribution in [2.45, 2.75) is 194 Å². The molecule has 0 radical (unpaired) electrons. The highest BCUT2D eigenvalue weighted by Crippen LogP contribution is 2.68. The van der Waals surface area contributed by atoms with Gasteiger partial charge in [-0.25, -0.2) is 0 Å². The molecule has 0 aromatic carbocycles. The Kier molecular flexibility index (Phi) is 55.9. The van der Waals surface area contributed by atoms with Crippen LogP contribution >= 0.6 is 11.8 Å². The lowest BCUT2D eigenvalue weighted by Gasteiger charge is -2.17. The molecule has 1 saturated heterocycles. The molecule has 0 amide bonds. The number of fused-ring (bicyclic) bond motifs is 1. The minimum atomic E-state index is -0.114. The highest BCUT2D eigenvalue weighted by Gasteiger charge is 2.64. The van der Waals surface area contributed by atoms with E-state index in [1.54, 1.807) is 0 Å². The highest BCUT2D eigenvalue weighted by atomic mass is 32.2. The summed E-state index contributed by atoms with van der Waals surface area (Å²) in [4.78, 5) is 4.28. The van der Waals surface area contributed by atoms with E-state index in [1.165, 1.54) is 56.2 Å². The molecule has 0 bridgehead atoms. The molecule has 1 heterocycles. The van der Waals surface area contributed by atoms with Crippen LogP contribution in [0.1, 0.15) is 179 Å². The Morgan fingerprint density at radius 2 is 1.44 bits per heavy atom. The summed E-state index contributed by atoms with van der Waals surface area (Å²) in [6.45, 7) is 37.6. The van der Waals surface area contributed by atoms with Gasteiger partial charge in [-0.05, 0) is 84.1 Å². The third kappa shape index (κ3) is 34.1. The molecule has 4 heteroatoms. The van der Waals surface area contributed by atoms with E-state index in [0.717, 1.165) is 24.9 Å². The number of aliphatic imine (C=N–C) groups is 1. The molecule has 2 fully saturated rings. The molecule has 4 unspecified atom stereocenters. The summed E-state index contributed by atoms with van der Waals surface area (Å²) in [6.07, 6.45) is 15.1. The SMILES string of the molecule is C.C.CC.CC.CC1C2CC([C@H](C)O)SC12C.CCC.CCC(=C/C=C\C(C)C)CC.CCCCC(C)=NCC.CCN.[HH]. The zero-order chi connectivity index (χ0) is 33.4. The number of hydrogen-bond donors (Lipinski definition) is 2. The zero-order valence-corrected chi connectivity index (χ0v) is 32.2. The monoisotopic (exact) mass is 635 g/mol. The lowest BCUT2D eigenvalue weighted by molar-refractivity contribution is 0.187. The molecule has 2 rings (SSSR count). The summed E-state index contributed by atoms with van der Waals surface area (Å²) < 4.78 is 0.529. The molecule has 5 atom stereocenters.